The van der Waals surface area contributed by atoms with Crippen LogP contribution in [0.2, 0.25) is 0 Å². The SMILES string of the molecule is COc1cccc(F)c1CNc1nsc2cccnc12. The van der Waals surface area contributed by atoms with Gasteiger partial charge in [0, 0.05) is 18.3 Å². The smallest absolute Gasteiger partial charge is 0.166 e. The van der Waals surface area contributed by atoms with Crippen LogP contribution in [0.25, 0.3) is 10.2 Å². The Hall–Kier alpha value is -2.21. The molecule has 20 heavy (non-hydrogen) atoms. The molecule has 0 bridgehead atoms. The van der Waals surface area contributed by atoms with Crippen molar-refractivity contribution in [2.45, 2.75) is 6.54 Å². The molecule has 0 radical (unpaired) electrons. The van der Waals surface area contributed by atoms with Crippen LogP contribution < -0.4 is 10.1 Å². The molecule has 2 heterocycles. The quantitative estimate of drug-likeness (QED) is 0.799. The van der Waals surface area contributed by atoms with E-state index < -0.39 is 0 Å². The predicted octanol–water partition coefficient (Wildman–Crippen LogP) is 3.45. The average molecular weight is 289 g/mol. The fourth-order valence-corrected chi connectivity index (χ4v) is 2.69. The molecule has 0 saturated heterocycles. The third kappa shape index (κ3) is 2.30. The van der Waals surface area contributed by atoms with Gasteiger partial charge in [0.25, 0.3) is 0 Å². The third-order valence-corrected chi connectivity index (χ3v) is 3.76. The highest BCUT2D eigenvalue weighted by molar-refractivity contribution is 7.13. The van der Waals surface area contributed by atoms with Crippen molar-refractivity contribution in [1.82, 2.24) is 9.36 Å². The van der Waals surface area contributed by atoms with Gasteiger partial charge >= 0.3 is 0 Å². The van der Waals surface area contributed by atoms with Crippen LogP contribution in [0.5, 0.6) is 5.75 Å². The van der Waals surface area contributed by atoms with E-state index in [1.54, 1.807) is 18.3 Å². The number of anilines is 1. The van der Waals surface area contributed by atoms with E-state index >= 15 is 0 Å². The van der Waals surface area contributed by atoms with Gasteiger partial charge in [-0.1, -0.05) is 6.07 Å². The summed E-state index contributed by atoms with van der Waals surface area (Å²) >= 11 is 1.36. The van der Waals surface area contributed by atoms with Gasteiger partial charge in [-0.25, -0.2) is 4.39 Å². The van der Waals surface area contributed by atoms with Gasteiger partial charge in [0.2, 0.25) is 0 Å². The first-order chi connectivity index (χ1) is 9.79. The average Bonchev–Trinajstić information content (AvgIpc) is 2.89. The molecule has 0 aliphatic rings. The molecule has 2 aromatic heterocycles. The van der Waals surface area contributed by atoms with Crippen molar-refractivity contribution in [3.8, 4) is 5.75 Å². The molecule has 0 aliphatic heterocycles. The molecule has 6 heteroatoms. The highest BCUT2D eigenvalue weighted by atomic mass is 32.1. The van der Waals surface area contributed by atoms with Crippen LogP contribution in [0.1, 0.15) is 5.56 Å². The standard InChI is InChI=1S/C14H12FN3OS/c1-19-11-5-2-4-10(15)9(11)8-17-14-13-12(20-18-14)6-3-7-16-13/h2-7H,8H2,1H3,(H,17,18). The lowest BCUT2D eigenvalue weighted by molar-refractivity contribution is 0.405. The number of halogens is 1. The number of hydrogen-bond donors (Lipinski definition) is 1. The maximum atomic E-state index is 13.8. The summed E-state index contributed by atoms with van der Waals surface area (Å²) in [6, 6.07) is 8.59. The summed E-state index contributed by atoms with van der Waals surface area (Å²) in [5.74, 6) is 0.880. The van der Waals surface area contributed by atoms with Crippen molar-refractivity contribution in [3.05, 3.63) is 47.9 Å². The number of nitrogens with one attached hydrogen (secondary N) is 1. The van der Waals surface area contributed by atoms with Crippen LogP contribution in [-0.2, 0) is 6.54 Å². The lowest BCUT2D eigenvalue weighted by Crippen LogP contribution is -2.04. The van der Waals surface area contributed by atoms with Crippen LogP contribution in [0.3, 0.4) is 0 Å². The number of methoxy groups -OCH3 is 1. The van der Waals surface area contributed by atoms with Gasteiger partial charge in [-0.05, 0) is 35.8 Å². The Morgan fingerprint density at radius 2 is 2.20 bits per heavy atom. The minimum Gasteiger partial charge on any atom is -0.496 e. The lowest BCUT2D eigenvalue weighted by Gasteiger charge is -2.10. The molecule has 0 saturated carbocycles. The van der Waals surface area contributed by atoms with Crippen LogP contribution >= 0.6 is 11.5 Å². The molecular formula is C14H12FN3OS. The van der Waals surface area contributed by atoms with E-state index in [2.05, 4.69) is 14.7 Å². The second kappa shape index (κ2) is 5.42. The summed E-state index contributed by atoms with van der Waals surface area (Å²) in [5, 5.41) is 3.12. The van der Waals surface area contributed by atoms with Gasteiger partial charge in [0.05, 0.1) is 11.8 Å². The summed E-state index contributed by atoms with van der Waals surface area (Å²) in [7, 11) is 1.53. The first kappa shape index (κ1) is 12.8. The highest BCUT2D eigenvalue weighted by Gasteiger charge is 2.11. The van der Waals surface area contributed by atoms with Gasteiger partial charge < -0.3 is 10.1 Å². The lowest BCUT2D eigenvalue weighted by atomic mass is 10.2. The number of pyridine rings is 1. The maximum Gasteiger partial charge on any atom is 0.166 e. The van der Waals surface area contributed by atoms with E-state index in [0.717, 1.165) is 10.2 Å². The zero-order valence-corrected chi connectivity index (χ0v) is 11.6. The van der Waals surface area contributed by atoms with Gasteiger partial charge in [-0.2, -0.15) is 4.37 Å². The second-order valence-electron chi connectivity index (χ2n) is 4.16. The minimum absolute atomic E-state index is 0.297. The van der Waals surface area contributed by atoms with Crippen molar-refractivity contribution >= 4 is 27.6 Å². The number of aromatic nitrogens is 2. The van der Waals surface area contributed by atoms with Crippen LogP contribution in [0, 0.1) is 5.82 Å². The Morgan fingerprint density at radius 3 is 3.05 bits per heavy atom. The van der Waals surface area contributed by atoms with E-state index in [-0.39, 0.29) is 5.82 Å². The van der Waals surface area contributed by atoms with Gasteiger partial charge in [0.1, 0.15) is 17.1 Å². The number of rotatable bonds is 4. The molecule has 0 fully saturated rings. The Bertz CT molecular complexity index is 744. The molecule has 0 unspecified atom stereocenters. The normalized spacial score (nSPS) is 10.7. The molecule has 102 valence electrons. The summed E-state index contributed by atoms with van der Waals surface area (Å²) in [5.41, 5.74) is 1.28. The molecule has 0 spiro atoms. The summed E-state index contributed by atoms with van der Waals surface area (Å²) < 4.78 is 24.3. The summed E-state index contributed by atoms with van der Waals surface area (Å²) in [4.78, 5) is 4.28. The zero-order valence-electron chi connectivity index (χ0n) is 10.8. The molecule has 0 atom stereocenters. The van der Waals surface area contributed by atoms with Crippen molar-refractivity contribution in [3.63, 3.8) is 0 Å². The first-order valence-corrected chi connectivity index (χ1v) is 6.82. The Morgan fingerprint density at radius 1 is 1.30 bits per heavy atom. The molecular weight excluding hydrogens is 277 g/mol. The predicted molar refractivity (Wildman–Crippen MR) is 77.7 cm³/mol. The number of ether oxygens (including phenoxy) is 1. The van der Waals surface area contributed by atoms with Gasteiger partial charge in [-0.15, -0.1) is 0 Å². The second-order valence-corrected chi connectivity index (χ2v) is 4.96. The number of hydrogen-bond acceptors (Lipinski definition) is 5. The number of benzene rings is 1. The molecule has 0 aliphatic carbocycles. The molecule has 3 aromatic rings. The van der Waals surface area contributed by atoms with E-state index in [1.165, 1.54) is 24.7 Å². The van der Waals surface area contributed by atoms with Crippen molar-refractivity contribution < 1.29 is 9.13 Å². The Labute approximate surface area is 119 Å². The number of nitrogens with zero attached hydrogens (tertiary/aromatic N) is 2. The van der Waals surface area contributed by atoms with E-state index in [4.69, 9.17) is 4.74 Å². The molecule has 1 aromatic carbocycles. The first-order valence-electron chi connectivity index (χ1n) is 6.05. The van der Waals surface area contributed by atoms with Gasteiger partial charge in [-0.3, -0.25) is 4.98 Å². The fraction of sp³-hybridized carbons (Fsp3) is 0.143. The van der Waals surface area contributed by atoms with E-state index in [9.17, 15) is 4.39 Å². The van der Waals surface area contributed by atoms with Crippen molar-refractivity contribution in [2.24, 2.45) is 0 Å². The molecule has 1 N–H and O–H groups in total. The van der Waals surface area contributed by atoms with E-state index in [1.807, 2.05) is 12.1 Å². The van der Waals surface area contributed by atoms with Crippen LogP contribution in [0.15, 0.2) is 36.5 Å². The molecule has 4 nitrogen and oxygen atoms in total. The summed E-state index contributed by atoms with van der Waals surface area (Å²) in [6.07, 6.45) is 1.71. The van der Waals surface area contributed by atoms with Crippen LogP contribution in [0.4, 0.5) is 10.2 Å². The third-order valence-electron chi connectivity index (χ3n) is 2.96. The van der Waals surface area contributed by atoms with Crippen molar-refractivity contribution in [2.75, 3.05) is 12.4 Å². The van der Waals surface area contributed by atoms with Crippen molar-refractivity contribution in [1.29, 1.82) is 0 Å². The molecule has 0 amide bonds. The van der Waals surface area contributed by atoms with Crippen LogP contribution in [-0.4, -0.2) is 16.5 Å². The Kier molecular flexibility index (Phi) is 3.47. The highest BCUT2D eigenvalue weighted by Crippen LogP contribution is 2.26. The Balaban J connectivity index is 1.87. The number of fused-ring (bicyclic) bond motifs is 1. The fourth-order valence-electron chi connectivity index (χ4n) is 1.97. The monoisotopic (exact) mass is 289 g/mol. The summed E-state index contributed by atoms with van der Waals surface area (Å²) in [6.45, 7) is 0.297. The van der Waals surface area contributed by atoms with Gasteiger partial charge in [0.15, 0.2) is 5.82 Å². The molecule has 3 rings (SSSR count). The maximum absolute atomic E-state index is 13.8. The zero-order chi connectivity index (χ0) is 13.9. The van der Waals surface area contributed by atoms with E-state index in [0.29, 0.717) is 23.7 Å². The topological polar surface area (TPSA) is 47.0 Å². The minimum atomic E-state index is -0.302. The largest absolute Gasteiger partial charge is 0.496 e.